The standard InChI is InChI=1S/C7H3BrClN3O/c8-6-2-5(9)1-4(3-13)7(6)11-12-10/h1-3H. The van der Waals surface area contributed by atoms with E-state index in [0.717, 1.165) is 0 Å². The van der Waals surface area contributed by atoms with Crippen molar-refractivity contribution in [2.24, 2.45) is 5.11 Å². The van der Waals surface area contributed by atoms with Crippen molar-refractivity contribution in [3.63, 3.8) is 0 Å². The Kier molecular flexibility index (Phi) is 3.31. The molecule has 0 saturated heterocycles. The fraction of sp³-hybridized carbons (Fsp3) is 0. The van der Waals surface area contributed by atoms with Crippen molar-refractivity contribution < 1.29 is 4.79 Å². The van der Waals surface area contributed by atoms with Gasteiger partial charge in [0.15, 0.2) is 6.29 Å². The van der Waals surface area contributed by atoms with Crippen LogP contribution in [0.1, 0.15) is 10.4 Å². The van der Waals surface area contributed by atoms with Crippen LogP contribution in [0.25, 0.3) is 10.4 Å². The van der Waals surface area contributed by atoms with Crippen molar-refractivity contribution in [3.8, 4) is 0 Å². The minimum atomic E-state index is 0.252. The number of hydrogen-bond donors (Lipinski definition) is 0. The van der Waals surface area contributed by atoms with Gasteiger partial charge in [-0.05, 0) is 17.7 Å². The monoisotopic (exact) mass is 259 g/mol. The lowest BCUT2D eigenvalue weighted by molar-refractivity contribution is 0.112. The highest BCUT2D eigenvalue weighted by atomic mass is 79.9. The normalized spacial score (nSPS) is 9.08. The lowest BCUT2D eigenvalue weighted by Gasteiger charge is -2.01. The van der Waals surface area contributed by atoms with Crippen LogP contribution in [0.5, 0.6) is 0 Å². The molecule has 66 valence electrons. The molecule has 1 aromatic rings. The molecule has 0 saturated carbocycles. The molecule has 4 nitrogen and oxygen atoms in total. The Morgan fingerprint density at radius 2 is 2.31 bits per heavy atom. The van der Waals surface area contributed by atoms with Gasteiger partial charge in [0.2, 0.25) is 0 Å². The van der Waals surface area contributed by atoms with Gasteiger partial charge in [-0.1, -0.05) is 32.6 Å². The third-order valence-corrected chi connectivity index (χ3v) is 2.15. The summed E-state index contributed by atoms with van der Waals surface area (Å²) in [6.07, 6.45) is 0.584. The third kappa shape index (κ3) is 2.21. The zero-order valence-electron chi connectivity index (χ0n) is 6.24. The number of aldehydes is 1. The molecule has 0 atom stereocenters. The van der Waals surface area contributed by atoms with Crippen molar-refractivity contribution in [1.29, 1.82) is 0 Å². The molecule has 0 bridgehead atoms. The average Bonchev–Trinajstić information content (AvgIpc) is 2.09. The van der Waals surface area contributed by atoms with E-state index in [1.807, 2.05) is 0 Å². The van der Waals surface area contributed by atoms with Gasteiger partial charge in [-0.25, -0.2) is 0 Å². The fourth-order valence-corrected chi connectivity index (χ4v) is 1.74. The van der Waals surface area contributed by atoms with Crippen molar-refractivity contribution in [3.05, 3.63) is 37.6 Å². The van der Waals surface area contributed by atoms with Gasteiger partial charge >= 0.3 is 0 Å². The first-order valence-electron chi connectivity index (χ1n) is 3.18. The van der Waals surface area contributed by atoms with Crippen LogP contribution in [0.3, 0.4) is 0 Å². The highest BCUT2D eigenvalue weighted by Crippen LogP contribution is 2.31. The lowest BCUT2D eigenvalue weighted by atomic mass is 10.2. The maximum absolute atomic E-state index is 10.5. The number of carbonyl (C=O) groups is 1. The van der Waals surface area contributed by atoms with Gasteiger partial charge in [0, 0.05) is 20.0 Å². The first kappa shape index (κ1) is 10.1. The molecule has 1 aromatic carbocycles. The van der Waals surface area contributed by atoms with Crippen LogP contribution in [0, 0.1) is 0 Å². The van der Waals surface area contributed by atoms with Gasteiger partial charge in [0.1, 0.15) is 0 Å². The van der Waals surface area contributed by atoms with Gasteiger partial charge < -0.3 is 0 Å². The van der Waals surface area contributed by atoms with Gasteiger partial charge in [0.05, 0.1) is 5.69 Å². The topological polar surface area (TPSA) is 65.8 Å². The van der Waals surface area contributed by atoms with Gasteiger partial charge in [-0.15, -0.1) is 0 Å². The smallest absolute Gasteiger partial charge is 0.150 e. The van der Waals surface area contributed by atoms with Crippen molar-refractivity contribution in [2.75, 3.05) is 0 Å². The second kappa shape index (κ2) is 4.28. The summed E-state index contributed by atoms with van der Waals surface area (Å²) in [5.74, 6) is 0. The summed E-state index contributed by atoms with van der Waals surface area (Å²) in [6, 6.07) is 2.99. The maximum Gasteiger partial charge on any atom is 0.150 e. The summed E-state index contributed by atoms with van der Waals surface area (Å²) in [5.41, 5.74) is 8.74. The first-order chi connectivity index (χ1) is 6.19. The Morgan fingerprint density at radius 3 is 2.85 bits per heavy atom. The summed E-state index contributed by atoms with van der Waals surface area (Å²) < 4.78 is 0.500. The molecule has 0 aliphatic heterocycles. The number of benzene rings is 1. The van der Waals surface area contributed by atoms with Gasteiger partial charge in [-0.3, -0.25) is 4.79 Å². The molecule has 0 aromatic heterocycles. The minimum Gasteiger partial charge on any atom is -0.298 e. The number of carbonyl (C=O) groups excluding carboxylic acids is 1. The highest BCUT2D eigenvalue weighted by molar-refractivity contribution is 9.10. The number of hydrogen-bond acceptors (Lipinski definition) is 2. The van der Waals surface area contributed by atoms with E-state index in [4.69, 9.17) is 17.1 Å². The van der Waals surface area contributed by atoms with Crippen LogP contribution >= 0.6 is 27.5 Å². The predicted molar refractivity (Wildman–Crippen MR) is 53.3 cm³/mol. The van der Waals surface area contributed by atoms with E-state index < -0.39 is 0 Å². The molecule has 0 aliphatic rings. The zero-order valence-corrected chi connectivity index (χ0v) is 8.58. The molecule has 0 radical (unpaired) electrons. The molecule has 13 heavy (non-hydrogen) atoms. The molecule has 0 unspecified atom stereocenters. The van der Waals surface area contributed by atoms with Crippen molar-refractivity contribution >= 4 is 39.5 Å². The molecule has 6 heteroatoms. The van der Waals surface area contributed by atoms with Crippen molar-refractivity contribution in [1.82, 2.24) is 0 Å². The van der Waals surface area contributed by atoms with E-state index in [1.165, 1.54) is 6.07 Å². The fourth-order valence-electron chi connectivity index (χ4n) is 0.826. The molecular weight excluding hydrogens is 257 g/mol. The minimum absolute atomic E-state index is 0.252. The van der Waals surface area contributed by atoms with Gasteiger partial charge in [-0.2, -0.15) is 0 Å². The van der Waals surface area contributed by atoms with Gasteiger partial charge in [0.25, 0.3) is 0 Å². The second-order valence-corrected chi connectivity index (χ2v) is 3.42. The summed E-state index contributed by atoms with van der Waals surface area (Å²) in [7, 11) is 0. The van der Waals surface area contributed by atoms with E-state index in [1.54, 1.807) is 6.07 Å². The Bertz CT molecular complexity index is 401. The third-order valence-electron chi connectivity index (χ3n) is 1.33. The average molecular weight is 260 g/mol. The molecule has 0 fully saturated rings. The molecule has 0 spiro atoms. The maximum atomic E-state index is 10.5. The highest BCUT2D eigenvalue weighted by Gasteiger charge is 2.05. The summed E-state index contributed by atoms with van der Waals surface area (Å²) in [5, 5.41) is 3.77. The summed E-state index contributed by atoms with van der Waals surface area (Å²) in [4.78, 5) is 13.1. The van der Waals surface area contributed by atoms with Crippen LogP contribution in [-0.2, 0) is 0 Å². The quantitative estimate of drug-likeness (QED) is 0.344. The number of rotatable bonds is 2. The van der Waals surface area contributed by atoms with Crippen LogP contribution in [0.4, 0.5) is 5.69 Å². The van der Waals surface area contributed by atoms with Crippen LogP contribution in [0.2, 0.25) is 5.02 Å². The van der Waals surface area contributed by atoms with Crippen LogP contribution < -0.4 is 0 Å². The molecule has 0 N–H and O–H groups in total. The molecular formula is C7H3BrClN3O. The van der Waals surface area contributed by atoms with E-state index in [0.29, 0.717) is 15.8 Å². The Balaban J connectivity index is 3.46. The predicted octanol–water partition coefficient (Wildman–Crippen LogP) is 3.86. The van der Waals surface area contributed by atoms with E-state index in [-0.39, 0.29) is 11.3 Å². The molecule has 0 heterocycles. The van der Waals surface area contributed by atoms with E-state index >= 15 is 0 Å². The molecule has 1 rings (SSSR count). The zero-order chi connectivity index (χ0) is 9.84. The second-order valence-electron chi connectivity index (χ2n) is 2.13. The molecule has 0 amide bonds. The largest absolute Gasteiger partial charge is 0.298 e. The lowest BCUT2D eigenvalue weighted by Crippen LogP contribution is -1.81. The number of nitrogens with zero attached hydrogens (tertiary/aromatic N) is 3. The Labute approximate surface area is 87.3 Å². The Hall–Kier alpha value is -1.03. The first-order valence-corrected chi connectivity index (χ1v) is 4.35. The van der Waals surface area contributed by atoms with Crippen molar-refractivity contribution in [2.45, 2.75) is 0 Å². The van der Waals surface area contributed by atoms with E-state index in [2.05, 4.69) is 26.0 Å². The molecule has 0 aliphatic carbocycles. The number of azide groups is 1. The summed E-state index contributed by atoms with van der Waals surface area (Å²) in [6.45, 7) is 0. The number of halogens is 2. The SMILES string of the molecule is [N-]=[N+]=Nc1c(Br)cc(Cl)cc1C=O. The summed E-state index contributed by atoms with van der Waals surface area (Å²) >= 11 is 8.81. The van der Waals surface area contributed by atoms with Crippen LogP contribution in [0.15, 0.2) is 21.7 Å². The van der Waals surface area contributed by atoms with Crippen LogP contribution in [-0.4, -0.2) is 6.29 Å². The van der Waals surface area contributed by atoms with E-state index in [9.17, 15) is 4.79 Å². The Morgan fingerprint density at radius 1 is 1.62 bits per heavy atom.